The van der Waals surface area contributed by atoms with Gasteiger partial charge in [-0.15, -0.1) is 0 Å². The maximum absolute atomic E-state index is 12.9. The van der Waals surface area contributed by atoms with Crippen LogP contribution in [0.25, 0.3) is 0 Å². The lowest BCUT2D eigenvalue weighted by Gasteiger charge is -2.36. The van der Waals surface area contributed by atoms with Crippen molar-refractivity contribution in [1.29, 1.82) is 0 Å². The number of likely N-dealkylation sites (tertiary alicyclic amines) is 1. The Bertz CT molecular complexity index is 762. The van der Waals surface area contributed by atoms with Crippen LogP contribution in [-0.2, 0) is 11.3 Å². The fraction of sp³-hybridized carbons (Fsp3) is 0.647. The minimum Gasteiger partial charge on any atom is -0.381 e. The van der Waals surface area contributed by atoms with Gasteiger partial charge in [0.05, 0.1) is 5.92 Å². The van der Waals surface area contributed by atoms with Gasteiger partial charge in [-0.1, -0.05) is 5.16 Å². The van der Waals surface area contributed by atoms with Crippen molar-refractivity contribution < 1.29 is 14.1 Å². The van der Waals surface area contributed by atoms with Crippen molar-refractivity contribution in [2.24, 2.45) is 5.41 Å². The Morgan fingerprint density at radius 1 is 1.40 bits per heavy atom. The summed E-state index contributed by atoms with van der Waals surface area (Å²) < 4.78 is 12.8. The molecule has 2 saturated heterocycles. The van der Waals surface area contributed by atoms with Gasteiger partial charge in [0.15, 0.2) is 5.82 Å². The number of hydrogen-bond acceptors (Lipinski definition) is 6. The molecule has 25 heavy (non-hydrogen) atoms. The Kier molecular flexibility index (Phi) is 4.07. The molecule has 2 aromatic rings. The lowest BCUT2D eigenvalue weighted by molar-refractivity contribution is 0.00833. The highest BCUT2D eigenvalue weighted by molar-refractivity contribution is 5.92. The van der Waals surface area contributed by atoms with Gasteiger partial charge in [0.1, 0.15) is 5.69 Å². The summed E-state index contributed by atoms with van der Waals surface area (Å²) in [7, 11) is 0. The molecule has 0 saturated carbocycles. The molecule has 0 radical (unpaired) electrons. The summed E-state index contributed by atoms with van der Waals surface area (Å²) >= 11 is 0. The van der Waals surface area contributed by atoms with Crippen LogP contribution >= 0.6 is 0 Å². The molecule has 1 spiro atoms. The molecule has 1 atom stereocenters. The van der Waals surface area contributed by atoms with Crippen molar-refractivity contribution in [2.75, 3.05) is 26.3 Å². The van der Waals surface area contributed by atoms with Crippen molar-refractivity contribution >= 4 is 5.91 Å². The molecule has 0 aromatic carbocycles. The first-order valence-corrected chi connectivity index (χ1v) is 8.82. The van der Waals surface area contributed by atoms with E-state index in [1.807, 2.05) is 24.9 Å². The zero-order chi connectivity index (χ0) is 17.4. The van der Waals surface area contributed by atoms with Crippen LogP contribution in [0.2, 0.25) is 0 Å². The average Bonchev–Trinajstić information content (AvgIpc) is 3.34. The SMILES string of the molecule is CCn1ccc(C(=O)N2CC(c3nc(C)no3)C3(CCOCC3)C2)n1. The van der Waals surface area contributed by atoms with Gasteiger partial charge in [-0.25, -0.2) is 0 Å². The van der Waals surface area contributed by atoms with E-state index in [0.717, 1.165) is 19.4 Å². The molecule has 1 amide bonds. The number of hydrogen-bond donors (Lipinski definition) is 0. The van der Waals surface area contributed by atoms with Crippen LogP contribution in [0.4, 0.5) is 0 Å². The fourth-order valence-electron chi connectivity index (χ4n) is 4.02. The van der Waals surface area contributed by atoms with Gasteiger partial charge in [-0.3, -0.25) is 9.48 Å². The van der Waals surface area contributed by atoms with Gasteiger partial charge < -0.3 is 14.2 Å². The number of carbonyl (C=O) groups excluding carboxylic acids is 1. The van der Waals surface area contributed by atoms with Crippen molar-refractivity contribution in [2.45, 2.75) is 39.2 Å². The molecule has 2 aromatic heterocycles. The Hall–Kier alpha value is -2.22. The first kappa shape index (κ1) is 16.3. The molecule has 2 fully saturated rings. The quantitative estimate of drug-likeness (QED) is 0.840. The van der Waals surface area contributed by atoms with E-state index in [1.54, 1.807) is 10.7 Å². The normalized spacial score (nSPS) is 22.6. The highest BCUT2D eigenvalue weighted by atomic mass is 16.5. The number of nitrogens with zero attached hydrogens (tertiary/aromatic N) is 5. The molecule has 2 aliphatic rings. The topological polar surface area (TPSA) is 86.3 Å². The monoisotopic (exact) mass is 345 g/mol. The number of rotatable bonds is 3. The van der Waals surface area contributed by atoms with E-state index in [2.05, 4.69) is 15.2 Å². The third kappa shape index (κ3) is 2.84. The molecular weight excluding hydrogens is 322 g/mol. The van der Waals surface area contributed by atoms with E-state index < -0.39 is 0 Å². The van der Waals surface area contributed by atoms with Crippen molar-refractivity contribution in [3.05, 3.63) is 29.7 Å². The van der Waals surface area contributed by atoms with Gasteiger partial charge in [-0.05, 0) is 32.8 Å². The van der Waals surface area contributed by atoms with Crippen LogP contribution in [0.5, 0.6) is 0 Å². The Labute approximate surface area is 146 Å². The molecule has 4 rings (SSSR count). The summed E-state index contributed by atoms with van der Waals surface area (Å²) in [5, 5.41) is 8.30. The summed E-state index contributed by atoms with van der Waals surface area (Å²) in [4.78, 5) is 19.3. The smallest absolute Gasteiger partial charge is 0.274 e. The zero-order valence-electron chi connectivity index (χ0n) is 14.6. The maximum atomic E-state index is 12.9. The maximum Gasteiger partial charge on any atom is 0.274 e. The summed E-state index contributed by atoms with van der Waals surface area (Å²) in [6.07, 6.45) is 3.63. The van der Waals surface area contributed by atoms with E-state index in [4.69, 9.17) is 9.26 Å². The summed E-state index contributed by atoms with van der Waals surface area (Å²) in [6, 6.07) is 1.78. The van der Waals surface area contributed by atoms with Gasteiger partial charge >= 0.3 is 0 Å². The molecule has 0 N–H and O–H groups in total. The van der Waals surface area contributed by atoms with Crippen LogP contribution in [0.3, 0.4) is 0 Å². The van der Waals surface area contributed by atoms with E-state index in [1.165, 1.54) is 0 Å². The summed E-state index contributed by atoms with van der Waals surface area (Å²) in [5.41, 5.74) is 0.437. The molecular formula is C17H23N5O3. The first-order valence-electron chi connectivity index (χ1n) is 8.82. The predicted octanol–water partition coefficient (Wildman–Crippen LogP) is 1.63. The van der Waals surface area contributed by atoms with Crippen LogP contribution in [0, 0.1) is 12.3 Å². The number of ether oxygens (including phenoxy) is 1. The number of amides is 1. The Morgan fingerprint density at radius 3 is 2.84 bits per heavy atom. The molecule has 1 unspecified atom stereocenters. The molecule has 2 aliphatic heterocycles. The highest BCUT2D eigenvalue weighted by Gasteiger charge is 2.51. The fourth-order valence-corrected chi connectivity index (χ4v) is 4.02. The minimum atomic E-state index is -0.0554. The van der Waals surface area contributed by atoms with Crippen molar-refractivity contribution in [1.82, 2.24) is 24.8 Å². The summed E-state index contributed by atoms with van der Waals surface area (Å²) in [6.45, 7) is 7.24. The van der Waals surface area contributed by atoms with E-state index in [-0.39, 0.29) is 17.2 Å². The third-order valence-electron chi connectivity index (χ3n) is 5.45. The van der Waals surface area contributed by atoms with E-state index >= 15 is 0 Å². The second kappa shape index (κ2) is 6.25. The Balaban J connectivity index is 1.61. The number of carbonyl (C=O) groups is 1. The molecule has 134 valence electrons. The molecule has 0 bridgehead atoms. The highest BCUT2D eigenvalue weighted by Crippen LogP contribution is 2.49. The molecule has 8 heteroatoms. The average molecular weight is 345 g/mol. The minimum absolute atomic E-state index is 0.0307. The van der Waals surface area contributed by atoms with Crippen molar-refractivity contribution in [3.8, 4) is 0 Å². The second-order valence-electron chi connectivity index (χ2n) is 6.95. The second-order valence-corrected chi connectivity index (χ2v) is 6.95. The zero-order valence-corrected chi connectivity index (χ0v) is 14.6. The van der Waals surface area contributed by atoms with Gasteiger partial charge in [0.2, 0.25) is 5.89 Å². The third-order valence-corrected chi connectivity index (χ3v) is 5.45. The molecule has 4 heterocycles. The number of aromatic nitrogens is 4. The van der Waals surface area contributed by atoms with Crippen LogP contribution < -0.4 is 0 Å². The largest absolute Gasteiger partial charge is 0.381 e. The molecule has 8 nitrogen and oxygen atoms in total. The first-order chi connectivity index (χ1) is 12.1. The standard InChI is InChI=1S/C17H23N5O3/c1-3-22-7-4-14(19-22)16(23)21-10-13(15-18-12(2)20-25-15)17(11-21)5-8-24-9-6-17/h4,7,13H,3,5-6,8-11H2,1-2H3. The molecule has 0 aliphatic carbocycles. The van der Waals surface area contributed by atoms with Crippen LogP contribution in [-0.4, -0.2) is 57.0 Å². The van der Waals surface area contributed by atoms with Crippen LogP contribution in [0.15, 0.2) is 16.8 Å². The number of aryl methyl sites for hydroxylation is 2. The lowest BCUT2D eigenvalue weighted by Crippen LogP contribution is -2.37. The summed E-state index contributed by atoms with van der Waals surface area (Å²) in [5.74, 6) is 1.28. The predicted molar refractivity (Wildman–Crippen MR) is 88.1 cm³/mol. The van der Waals surface area contributed by atoms with Crippen LogP contribution in [0.1, 0.15) is 47.9 Å². The van der Waals surface area contributed by atoms with Gasteiger partial charge in [-0.2, -0.15) is 10.1 Å². The van der Waals surface area contributed by atoms with E-state index in [9.17, 15) is 4.79 Å². The van der Waals surface area contributed by atoms with Crippen molar-refractivity contribution in [3.63, 3.8) is 0 Å². The Morgan fingerprint density at radius 2 is 2.20 bits per heavy atom. The van der Waals surface area contributed by atoms with E-state index in [0.29, 0.717) is 43.7 Å². The lowest BCUT2D eigenvalue weighted by atomic mass is 9.72. The van der Waals surface area contributed by atoms with Gasteiger partial charge in [0, 0.05) is 44.5 Å². The van der Waals surface area contributed by atoms with Gasteiger partial charge in [0.25, 0.3) is 5.91 Å².